The van der Waals surface area contributed by atoms with Crippen LogP contribution in [0.25, 0.3) is 16.3 Å². The zero-order chi connectivity index (χ0) is 25.2. The molecule has 11 heteroatoms. The first-order valence-corrected chi connectivity index (χ1v) is 15.4. The summed E-state index contributed by atoms with van der Waals surface area (Å²) in [7, 11) is -4.21. The Kier molecular flexibility index (Phi) is 10.8. The van der Waals surface area contributed by atoms with Crippen LogP contribution in [0.1, 0.15) is 38.1 Å². The molecule has 0 saturated carbocycles. The minimum absolute atomic E-state index is 0. The first-order chi connectivity index (χ1) is 16.7. The van der Waals surface area contributed by atoms with Gasteiger partial charge in [-0.1, -0.05) is 53.2 Å². The van der Waals surface area contributed by atoms with Gasteiger partial charge in [-0.05, 0) is 61.7 Å². The molecule has 0 radical (unpaired) electrons. The van der Waals surface area contributed by atoms with Crippen molar-refractivity contribution in [3.8, 4) is 0 Å². The molecule has 1 aliphatic heterocycles. The van der Waals surface area contributed by atoms with E-state index in [1.165, 1.54) is 10.5 Å². The summed E-state index contributed by atoms with van der Waals surface area (Å²) in [6.45, 7) is 5.71. The van der Waals surface area contributed by atoms with Crippen LogP contribution in [0.2, 0.25) is 10.0 Å². The number of allylic oxidation sites excluding steroid dienone is 2. The molecule has 2 aromatic carbocycles. The minimum Gasteiger partial charge on any atom is -0.748 e. The first-order valence-electron chi connectivity index (χ1n) is 11.4. The predicted octanol–water partition coefficient (Wildman–Crippen LogP) is 4.09. The number of thiazole rings is 1. The molecule has 4 rings (SSSR count). The fourth-order valence-corrected chi connectivity index (χ4v) is 7.25. The van der Waals surface area contributed by atoms with E-state index in [1.807, 2.05) is 30.3 Å². The second kappa shape index (κ2) is 13.0. The molecule has 1 aromatic heterocycles. The third kappa shape index (κ3) is 7.30. The average molecular weight is 593 g/mol. The molecule has 0 spiro atoms. The normalized spacial score (nSPS) is 15.0. The van der Waals surface area contributed by atoms with Crippen molar-refractivity contribution in [3.05, 3.63) is 68.1 Å². The maximum Gasteiger partial charge on any atom is 1.00 e. The number of nitrogens with zero attached hydrogens (tertiary/aromatic N) is 2. The Hall–Kier alpha value is -0.550. The fraction of sp³-hybridized carbons (Fsp3) is 0.320. The number of hydrogen-bond donors (Lipinski definition) is 0. The molecule has 0 atom stereocenters. The number of hydrogen-bond acceptors (Lipinski definition) is 6. The second-order valence-corrected chi connectivity index (χ2v) is 12.7. The summed E-state index contributed by atoms with van der Waals surface area (Å²) in [5.41, 5.74) is 3.32. The van der Waals surface area contributed by atoms with Crippen molar-refractivity contribution in [1.29, 1.82) is 0 Å². The van der Waals surface area contributed by atoms with Crippen molar-refractivity contribution in [3.63, 3.8) is 0 Å². The molecular formula is C25H26Cl2N2NaO3S3+. The number of unbranched alkanes of at least 4 members (excludes halogenated alkanes) is 1. The monoisotopic (exact) mass is 591 g/mol. The van der Waals surface area contributed by atoms with Crippen molar-refractivity contribution in [2.24, 2.45) is 0 Å². The largest absolute Gasteiger partial charge is 1.00 e. The van der Waals surface area contributed by atoms with Crippen LogP contribution in [0.15, 0.2) is 58.0 Å². The van der Waals surface area contributed by atoms with Crippen molar-refractivity contribution in [1.82, 2.24) is 0 Å². The molecule has 3 aromatic rings. The molecule has 0 fully saturated rings. The molecule has 1 aliphatic rings. The van der Waals surface area contributed by atoms with Crippen LogP contribution in [0.5, 0.6) is 0 Å². The van der Waals surface area contributed by atoms with Crippen molar-refractivity contribution >= 4 is 78.4 Å². The number of rotatable bonds is 9. The summed E-state index contributed by atoms with van der Waals surface area (Å²) in [6.07, 6.45) is 6.19. The van der Waals surface area contributed by atoms with E-state index in [-0.39, 0.29) is 35.3 Å². The van der Waals surface area contributed by atoms with Gasteiger partial charge in [0.25, 0.3) is 5.01 Å². The molecule has 0 amide bonds. The Morgan fingerprint density at radius 1 is 1.11 bits per heavy atom. The summed E-state index contributed by atoms with van der Waals surface area (Å²) < 4.78 is 36.3. The van der Waals surface area contributed by atoms with Gasteiger partial charge in [-0.3, -0.25) is 0 Å². The van der Waals surface area contributed by atoms with E-state index in [1.54, 1.807) is 23.1 Å². The van der Waals surface area contributed by atoms with Crippen molar-refractivity contribution in [2.45, 2.75) is 44.6 Å². The predicted molar refractivity (Wildman–Crippen MR) is 148 cm³/mol. The maximum atomic E-state index is 11.0. The van der Waals surface area contributed by atoms with Crippen LogP contribution in [0.4, 0.5) is 5.69 Å². The van der Waals surface area contributed by atoms with E-state index in [4.69, 9.17) is 23.2 Å². The Balaban J connectivity index is 0.00000361. The summed E-state index contributed by atoms with van der Waals surface area (Å²) >= 11 is 15.9. The van der Waals surface area contributed by atoms with E-state index < -0.39 is 10.1 Å². The van der Waals surface area contributed by atoms with Gasteiger partial charge in [0.1, 0.15) is 4.70 Å². The molecule has 0 bridgehead atoms. The number of halogens is 2. The van der Waals surface area contributed by atoms with Gasteiger partial charge < -0.3 is 9.45 Å². The van der Waals surface area contributed by atoms with Crippen LogP contribution >= 0.6 is 46.3 Å². The number of thioether (sulfide) groups is 1. The number of benzene rings is 2. The molecule has 0 unspecified atom stereocenters. The minimum atomic E-state index is -4.21. The van der Waals surface area contributed by atoms with E-state index >= 15 is 0 Å². The zero-order valence-electron chi connectivity index (χ0n) is 20.5. The average Bonchev–Trinajstić information content (AvgIpc) is 3.31. The maximum absolute atomic E-state index is 11.0. The summed E-state index contributed by atoms with van der Waals surface area (Å²) in [5.74, 6) is -0.345. The van der Waals surface area contributed by atoms with Gasteiger partial charge in [0.05, 0.1) is 20.8 Å². The van der Waals surface area contributed by atoms with Crippen LogP contribution in [0, 0.1) is 0 Å². The van der Waals surface area contributed by atoms with Gasteiger partial charge in [0.2, 0.25) is 5.52 Å². The summed E-state index contributed by atoms with van der Waals surface area (Å²) in [4.78, 5) is 3.47. The molecule has 36 heavy (non-hydrogen) atoms. The Morgan fingerprint density at radius 2 is 1.83 bits per heavy atom. The third-order valence-corrected chi connectivity index (χ3v) is 9.24. The number of anilines is 1. The molecule has 0 aliphatic carbocycles. The topological polar surface area (TPSA) is 64.3 Å². The van der Waals surface area contributed by atoms with Crippen LogP contribution in [0.3, 0.4) is 0 Å². The Bertz CT molecular complexity index is 1420. The van der Waals surface area contributed by atoms with E-state index in [0.29, 0.717) is 24.4 Å². The van der Waals surface area contributed by atoms with Gasteiger partial charge in [-0.15, -0.1) is 0 Å². The number of aromatic nitrogens is 1. The summed E-state index contributed by atoms with van der Waals surface area (Å²) in [6, 6.07) is 11.8. The SMILES string of the molecule is CCC(=Cc1sc2ccc(Cl)cc2[n+]1CCCCS(=O)(=O)[O-])C=C1Sc2ccc(Cl)cc2N1CC.[Na+]. The van der Waals surface area contributed by atoms with Crippen LogP contribution < -0.4 is 39.0 Å². The fourth-order valence-electron chi connectivity index (χ4n) is 4.03. The van der Waals surface area contributed by atoms with E-state index in [2.05, 4.69) is 41.5 Å². The quantitative estimate of drug-likeness (QED) is 0.162. The van der Waals surface area contributed by atoms with E-state index in [9.17, 15) is 13.0 Å². The van der Waals surface area contributed by atoms with Crippen LogP contribution in [-0.2, 0) is 16.7 Å². The third-order valence-electron chi connectivity index (χ3n) is 5.75. The van der Waals surface area contributed by atoms with Crippen molar-refractivity contribution < 1.29 is 47.1 Å². The van der Waals surface area contributed by atoms with Crippen molar-refractivity contribution in [2.75, 3.05) is 17.2 Å². The second-order valence-electron chi connectivity index (χ2n) is 8.19. The smallest absolute Gasteiger partial charge is 0.748 e. The molecular weight excluding hydrogens is 566 g/mol. The number of fused-ring (bicyclic) bond motifs is 2. The molecule has 2 heterocycles. The van der Waals surface area contributed by atoms with Gasteiger partial charge in [0, 0.05) is 45.8 Å². The van der Waals surface area contributed by atoms with Gasteiger partial charge in [-0.25, -0.2) is 8.42 Å². The summed E-state index contributed by atoms with van der Waals surface area (Å²) in [5, 5.41) is 3.60. The van der Waals surface area contributed by atoms with Gasteiger partial charge >= 0.3 is 29.6 Å². The van der Waals surface area contributed by atoms with Gasteiger partial charge in [0.15, 0.2) is 6.54 Å². The molecule has 0 saturated heterocycles. The van der Waals surface area contributed by atoms with Crippen LogP contribution in [-0.4, -0.2) is 25.3 Å². The number of aryl methyl sites for hydroxylation is 1. The zero-order valence-corrected chi connectivity index (χ0v) is 26.4. The molecule has 0 N–H and O–H groups in total. The molecule has 186 valence electrons. The first kappa shape index (κ1) is 30.0. The molecule has 5 nitrogen and oxygen atoms in total. The Morgan fingerprint density at radius 3 is 2.53 bits per heavy atom. The standard InChI is InChI=1S/C25H26Cl2N2O3S3.Na/c1-3-17(13-24-28(4-2)20-15-18(26)7-9-22(20)33-24)14-25-29(11-5-6-12-35(30,31)32)21-16-19(27)8-10-23(21)34-25;/h7-10,13-16H,3-6,11-12H2,1-2H3;/q;+1. The van der Waals surface area contributed by atoms with E-state index in [0.717, 1.165) is 43.9 Å². The van der Waals surface area contributed by atoms with Gasteiger partial charge in [-0.2, -0.15) is 4.57 Å². The Labute approximate surface area is 253 Å².